The van der Waals surface area contributed by atoms with Crippen molar-refractivity contribution in [2.45, 2.75) is 51.7 Å². The predicted octanol–water partition coefficient (Wildman–Crippen LogP) is 4.45. The number of alkyl halides is 1. The zero-order valence-electron chi connectivity index (χ0n) is 17.1. The summed E-state index contributed by atoms with van der Waals surface area (Å²) in [5, 5.41) is 19.2. The van der Waals surface area contributed by atoms with Crippen LogP contribution in [0.15, 0.2) is 42.5 Å². The Hall–Kier alpha value is -1.75. The molecule has 0 aliphatic rings. The van der Waals surface area contributed by atoms with Crippen molar-refractivity contribution in [1.82, 2.24) is 0 Å². The van der Waals surface area contributed by atoms with Gasteiger partial charge in [0.2, 0.25) is 0 Å². The first-order valence-electron chi connectivity index (χ1n) is 9.67. The fourth-order valence-electron chi connectivity index (χ4n) is 2.88. The third-order valence-corrected chi connectivity index (χ3v) is 5.35. The van der Waals surface area contributed by atoms with Gasteiger partial charge in [0.05, 0.1) is 12.0 Å². The van der Waals surface area contributed by atoms with Crippen molar-refractivity contribution >= 4 is 11.6 Å². The molecule has 0 saturated heterocycles. The summed E-state index contributed by atoms with van der Waals surface area (Å²) in [6.45, 7) is 8.77. The number of benzene rings is 2. The van der Waals surface area contributed by atoms with Crippen molar-refractivity contribution in [3.8, 4) is 11.5 Å². The van der Waals surface area contributed by atoms with Crippen LogP contribution in [-0.2, 0) is 5.41 Å². The van der Waals surface area contributed by atoms with E-state index in [4.69, 9.17) is 21.1 Å². The summed E-state index contributed by atoms with van der Waals surface area (Å²) in [6, 6.07) is 14.1. The average Bonchev–Trinajstić information content (AvgIpc) is 2.70. The molecule has 0 aromatic heterocycles. The molecular formula is C23H31ClO4. The van der Waals surface area contributed by atoms with E-state index in [0.717, 1.165) is 17.1 Å². The summed E-state index contributed by atoms with van der Waals surface area (Å²) in [7, 11) is 0. The van der Waals surface area contributed by atoms with Crippen LogP contribution in [0, 0.1) is 6.92 Å². The van der Waals surface area contributed by atoms with Crippen LogP contribution in [0.5, 0.6) is 11.5 Å². The van der Waals surface area contributed by atoms with Crippen molar-refractivity contribution in [3.05, 3.63) is 59.2 Å². The molecule has 154 valence electrons. The van der Waals surface area contributed by atoms with Gasteiger partial charge in [-0.2, -0.15) is 0 Å². The minimum absolute atomic E-state index is 0.154. The van der Waals surface area contributed by atoms with Gasteiger partial charge in [-0.05, 0) is 48.2 Å². The van der Waals surface area contributed by atoms with E-state index >= 15 is 0 Å². The van der Waals surface area contributed by atoms with Crippen LogP contribution >= 0.6 is 11.6 Å². The van der Waals surface area contributed by atoms with Crippen LogP contribution in [-0.4, -0.2) is 41.5 Å². The quantitative estimate of drug-likeness (QED) is 0.572. The Bertz CT molecular complexity index is 743. The van der Waals surface area contributed by atoms with Crippen LogP contribution in [0.3, 0.4) is 0 Å². The molecule has 0 amide bonds. The van der Waals surface area contributed by atoms with E-state index < -0.39 is 12.2 Å². The summed E-state index contributed by atoms with van der Waals surface area (Å²) in [6.07, 6.45) is -0.434. The number of aliphatic hydroxyl groups is 2. The maximum Gasteiger partial charge on any atom is 0.122 e. The number of rotatable bonds is 10. The van der Waals surface area contributed by atoms with Gasteiger partial charge in [-0.25, -0.2) is 0 Å². The Morgan fingerprint density at radius 1 is 0.929 bits per heavy atom. The fourth-order valence-corrected chi connectivity index (χ4v) is 2.96. The maximum atomic E-state index is 9.63. The molecule has 0 radical (unpaired) electrons. The van der Waals surface area contributed by atoms with Gasteiger partial charge in [-0.3, -0.25) is 0 Å². The van der Waals surface area contributed by atoms with E-state index in [9.17, 15) is 10.2 Å². The second kappa shape index (κ2) is 10.1. The average molecular weight is 407 g/mol. The van der Waals surface area contributed by atoms with Crippen LogP contribution in [0.1, 0.15) is 43.9 Å². The number of hydrogen-bond acceptors (Lipinski definition) is 4. The molecule has 4 nitrogen and oxygen atoms in total. The second-order valence-electron chi connectivity index (χ2n) is 7.62. The van der Waals surface area contributed by atoms with Gasteiger partial charge >= 0.3 is 0 Å². The topological polar surface area (TPSA) is 58.9 Å². The number of aryl methyl sites for hydroxylation is 1. The van der Waals surface area contributed by atoms with Crippen molar-refractivity contribution < 1.29 is 19.7 Å². The Balaban J connectivity index is 2.11. The monoisotopic (exact) mass is 406 g/mol. The van der Waals surface area contributed by atoms with Gasteiger partial charge in [0, 0.05) is 5.41 Å². The van der Waals surface area contributed by atoms with E-state index in [1.165, 1.54) is 11.1 Å². The smallest absolute Gasteiger partial charge is 0.122 e. The summed E-state index contributed by atoms with van der Waals surface area (Å²) < 4.78 is 11.3. The highest BCUT2D eigenvalue weighted by molar-refractivity contribution is 6.18. The van der Waals surface area contributed by atoms with Gasteiger partial charge in [0.1, 0.15) is 30.8 Å². The molecule has 0 aliphatic heterocycles. The first-order chi connectivity index (χ1) is 13.3. The summed E-state index contributed by atoms with van der Waals surface area (Å²) >= 11 is 5.61. The highest BCUT2D eigenvalue weighted by Gasteiger charge is 2.24. The lowest BCUT2D eigenvalue weighted by molar-refractivity contribution is 0.104. The molecule has 2 atom stereocenters. The molecule has 2 N–H and O–H groups in total. The SMILES string of the molecule is CC[C@@H](O)COc1ccc(C(C)(C)c2ccc(OC[C@H](O)CCl)c(C)c2)cc1. The van der Waals surface area contributed by atoms with Crippen LogP contribution in [0.4, 0.5) is 0 Å². The van der Waals surface area contributed by atoms with Crippen molar-refractivity contribution in [1.29, 1.82) is 0 Å². The molecule has 0 bridgehead atoms. The van der Waals surface area contributed by atoms with Crippen LogP contribution in [0.2, 0.25) is 0 Å². The summed E-state index contributed by atoms with van der Waals surface area (Å²) in [4.78, 5) is 0. The first kappa shape index (κ1) is 22.5. The molecule has 5 heteroatoms. The van der Waals surface area contributed by atoms with E-state index in [1.807, 2.05) is 32.0 Å². The van der Waals surface area contributed by atoms with Gasteiger partial charge in [-0.1, -0.05) is 45.0 Å². The molecule has 0 heterocycles. The minimum Gasteiger partial charge on any atom is -0.491 e. The lowest BCUT2D eigenvalue weighted by Gasteiger charge is -2.27. The molecule has 28 heavy (non-hydrogen) atoms. The fraction of sp³-hybridized carbons (Fsp3) is 0.478. The zero-order valence-corrected chi connectivity index (χ0v) is 17.9. The number of ether oxygens (including phenoxy) is 2. The van der Waals surface area contributed by atoms with E-state index in [-0.39, 0.29) is 17.9 Å². The highest BCUT2D eigenvalue weighted by atomic mass is 35.5. The largest absolute Gasteiger partial charge is 0.491 e. The third-order valence-electron chi connectivity index (χ3n) is 5.00. The first-order valence-corrected chi connectivity index (χ1v) is 10.2. The van der Waals surface area contributed by atoms with Gasteiger partial charge < -0.3 is 19.7 Å². The number of aliphatic hydroxyl groups excluding tert-OH is 2. The Morgan fingerprint density at radius 2 is 1.54 bits per heavy atom. The molecular weight excluding hydrogens is 376 g/mol. The molecule has 0 unspecified atom stereocenters. The van der Waals surface area contributed by atoms with E-state index in [2.05, 4.69) is 38.1 Å². The zero-order chi connectivity index (χ0) is 20.7. The lowest BCUT2D eigenvalue weighted by atomic mass is 9.77. The minimum atomic E-state index is -0.670. The Labute approximate surface area is 173 Å². The lowest BCUT2D eigenvalue weighted by Crippen LogP contribution is -2.21. The predicted molar refractivity (Wildman–Crippen MR) is 114 cm³/mol. The Kier molecular flexibility index (Phi) is 8.17. The normalized spacial score (nSPS) is 13.8. The molecule has 2 aromatic carbocycles. The maximum absolute atomic E-state index is 9.63. The molecule has 2 aromatic rings. The summed E-state index contributed by atoms with van der Waals surface area (Å²) in [5.74, 6) is 1.66. The van der Waals surface area contributed by atoms with Crippen molar-refractivity contribution in [2.75, 3.05) is 19.1 Å². The van der Waals surface area contributed by atoms with Gasteiger partial charge in [0.15, 0.2) is 0 Å². The van der Waals surface area contributed by atoms with E-state index in [0.29, 0.717) is 13.0 Å². The molecule has 2 rings (SSSR count). The Morgan fingerprint density at radius 3 is 2.11 bits per heavy atom. The van der Waals surface area contributed by atoms with Gasteiger partial charge in [-0.15, -0.1) is 11.6 Å². The van der Waals surface area contributed by atoms with Gasteiger partial charge in [0.25, 0.3) is 0 Å². The highest BCUT2D eigenvalue weighted by Crippen LogP contribution is 2.34. The van der Waals surface area contributed by atoms with Crippen LogP contribution in [0.25, 0.3) is 0 Å². The molecule has 0 saturated carbocycles. The molecule has 0 spiro atoms. The third kappa shape index (κ3) is 5.87. The van der Waals surface area contributed by atoms with E-state index in [1.54, 1.807) is 0 Å². The second-order valence-corrected chi connectivity index (χ2v) is 7.93. The van der Waals surface area contributed by atoms with Crippen molar-refractivity contribution in [3.63, 3.8) is 0 Å². The summed E-state index contributed by atoms with van der Waals surface area (Å²) in [5.41, 5.74) is 3.16. The van der Waals surface area contributed by atoms with Crippen LogP contribution < -0.4 is 9.47 Å². The molecule has 0 aliphatic carbocycles. The number of halogens is 1. The van der Waals surface area contributed by atoms with Crippen molar-refractivity contribution in [2.24, 2.45) is 0 Å². The standard InChI is InChI=1S/C23H31ClO4/c1-5-19(25)14-27-21-9-6-17(7-10-21)23(3,4)18-8-11-22(16(2)12-18)28-15-20(26)13-24/h6-12,19-20,25-26H,5,13-15H2,1-4H3/t19-,20-/m1/s1. The molecule has 0 fully saturated rings. The number of hydrogen-bond donors (Lipinski definition) is 2.